The molecular weight excluding hydrogens is 336 g/mol. The number of likely N-dealkylation sites (N-methyl/N-ethyl adjacent to an activating group) is 1. The van der Waals surface area contributed by atoms with Gasteiger partial charge < -0.3 is 4.90 Å². The van der Waals surface area contributed by atoms with Gasteiger partial charge in [-0.2, -0.15) is 0 Å². The minimum Gasteiger partial charge on any atom is -0.311 e. The SMILES string of the molecule is CCN(C(=O)Cn1c(=O)cc(C)c2cc(C)cc(C)c21)c1cccc(C)c1. The standard InChI is InChI=1S/C23H26N2O2/c1-6-24(19-9-7-8-15(2)11-19)22(27)14-25-21(26)13-17(4)20-12-16(3)10-18(5)23(20)25/h7-13H,6,14H2,1-5H3. The number of amides is 1. The van der Waals surface area contributed by atoms with Gasteiger partial charge in [0.1, 0.15) is 6.54 Å². The van der Waals surface area contributed by atoms with E-state index in [0.717, 1.165) is 38.8 Å². The number of anilines is 1. The van der Waals surface area contributed by atoms with Crippen LogP contribution in [0.2, 0.25) is 0 Å². The van der Waals surface area contributed by atoms with Crippen molar-refractivity contribution in [3.63, 3.8) is 0 Å². The summed E-state index contributed by atoms with van der Waals surface area (Å²) in [5.41, 5.74) is 5.77. The molecule has 0 atom stereocenters. The molecule has 0 aliphatic rings. The number of aromatic nitrogens is 1. The minimum absolute atomic E-state index is 0.0291. The highest BCUT2D eigenvalue weighted by Gasteiger charge is 2.18. The number of nitrogens with zero attached hydrogens (tertiary/aromatic N) is 2. The van der Waals surface area contributed by atoms with Crippen LogP contribution in [0, 0.1) is 27.7 Å². The van der Waals surface area contributed by atoms with Crippen LogP contribution < -0.4 is 10.5 Å². The molecule has 0 saturated heterocycles. The average Bonchev–Trinajstić information content (AvgIpc) is 2.59. The van der Waals surface area contributed by atoms with Gasteiger partial charge in [0.25, 0.3) is 5.56 Å². The summed E-state index contributed by atoms with van der Waals surface area (Å²) >= 11 is 0. The highest BCUT2D eigenvalue weighted by Crippen LogP contribution is 2.23. The molecule has 3 rings (SSSR count). The summed E-state index contributed by atoms with van der Waals surface area (Å²) in [5, 5.41) is 1.03. The molecule has 4 nitrogen and oxygen atoms in total. The van der Waals surface area contributed by atoms with E-state index in [1.807, 2.05) is 58.9 Å². The van der Waals surface area contributed by atoms with Gasteiger partial charge in [0.2, 0.25) is 5.91 Å². The average molecular weight is 362 g/mol. The van der Waals surface area contributed by atoms with Crippen LogP contribution in [0.3, 0.4) is 0 Å². The lowest BCUT2D eigenvalue weighted by molar-refractivity contribution is -0.119. The molecule has 0 unspecified atom stereocenters. The van der Waals surface area contributed by atoms with Gasteiger partial charge in [0, 0.05) is 23.7 Å². The third-order valence-corrected chi connectivity index (χ3v) is 4.97. The van der Waals surface area contributed by atoms with Crippen LogP contribution in [0.1, 0.15) is 29.2 Å². The van der Waals surface area contributed by atoms with Crippen LogP contribution in [-0.4, -0.2) is 17.0 Å². The molecule has 2 aromatic carbocycles. The first-order valence-corrected chi connectivity index (χ1v) is 9.30. The lowest BCUT2D eigenvalue weighted by atomic mass is 10.0. The van der Waals surface area contributed by atoms with Crippen molar-refractivity contribution >= 4 is 22.5 Å². The van der Waals surface area contributed by atoms with E-state index in [2.05, 4.69) is 12.1 Å². The topological polar surface area (TPSA) is 42.3 Å². The van der Waals surface area contributed by atoms with E-state index in [1.54, 1.807) is 15.5 Å². The third kappa shape index (κ3) is 3.65. The maximum atomic E-state index is 13.1. The Morgan fingerprint density at radius 3 is 2.37 bits per heavy atom. The largest absolute Gasteiger partial charge is 0.311 e. The van der Waals surface area contributed by atoms with Gasteiger partial charge in [0.05, 0.1) is 5.52 Å². The molecule has 1 aromatic heterocycles. The minimum atomic E-state index is -0.138. The monoisotopic (exact) mass is 362 g/mol. The first kappa shape index (κ1) is 18.9. The van der Waals surface area contributed by atoms with Crippen molar-refractivity contribution in [3.05, 3.63) is 75.1 Å². The summed E-state index contributed by atoms with van der Waals surface area (Å²) in [6.45, 7) is 10.5. The number of hydrogen-bond acceptors (Lipinski definition) is 2. The predicted octanol–water partition coefficient (Wildman–Crippen LogP) is 4.29. The van der Waals surface area contributed by atoms with Gasteiger partial charge in [-0.3, -0.25) is 14.2 Å². The molecule has 0 aliphatic heterocycles. The van der Waals surface area contributed by atoms with E-state index in [-0.39, 0.29) is 18.0 Å². The Labute approximate surface area is 160 Å². The first-order chi connectivity index (χ1) is 12.8. The van der Waals surface area contributed by atoms with Gasteiger partial charge in [-0.1, -0.05) is 23.8 Å². The fraction of sp³-hybridized carbons (Fsp3) is 0.304. The molecule has 0 fully saturated rings. The zero-order valence-electron chi connectivity index (χ0n) is 16.7. The van der Waals surface area contributed by atoms with Crippen LogP contribution in [0.4, 0.5) is 5.69 Å². The molecule has 27 heavy (non-hydrogen) atoms. The molecule has 4 heteroatoms. The Morgan fingerprint density at radius 1 is 0.963 bits per heavy atom. The highest BCUT2D eigenvalue weighted by molar-refractivity contribution is 5.95. The van der Waals surface area contributed by atoms with Crippen LogP contribution in [0.5, 0.6) is 0 Å². The van der Waals surface area contributed by atoms with E-state index in [0.29, 0.717) is 6.54 Å². The summed E-state index contributed by atoms with van der Waals surface area (Å²) in [6, 6.07) is 13.6. The summed E-state index contributed by atoms with van der Waals surface area (Å²) in [6.07, 6.45) is 0. The number of benzene rings is 2. The molecule has 1 amide bonds. The molecular formula is C23H26N2O2. The molecule has 0 radical (unpaired) electrons. The van der Waals surface area contributed by atoms with Gasteiger partial charge in [-0.15, -0.1) is 0 Å². The maximum absolute atomic E-state index is 13.1. The zero-order valence-corrected chi connectivity index (χ0v) is 16.7. The molecule has 0 spiro atoms. The fourth-order valence-electron chi connectivity index (χ4n) is 3.75. The van der Waals surface area contributed by atoms with Crippen LogP contribution in [0.25, 0.3) is 10.9 Å². The van der Waals surface area contributed by atoms with Crippen molar-refractivity contribution in [2.24, 2.45) is 0 Å². The Bertz CT molecular complexity index is 1080. The van der Waals surface area contributed by atoms with Crippen molar-refractivity contribution < 1.29 is 4.79 Å². The number of carbonyl (C=O) groups is 1. The Morgan fingerprint density at radius 2 is 1.70 bits per heavy atom. The summed E-state index contributed by atoms with van der Waals surface area (Å²) in [7, 11) is 0. The molecule has 0 N–H and O–H groups in total. The van der Waals surface area contributed by atoms with Gasteiger partial charge in [0.15, 0.2) is 0 Å². The Kier molecular flexibility index (Phi) is 5.17. The van der Waals surface area contributed by atoms with E-state index in [4.69, 9.17) is 0 Å². The van der Waals surface area contributed by atoms with Crippen molar-refractivity contribution in [1.29, 1.82) is 0 Å². The number of hydrogen-bond donors (Lipinski definition) is 0. The lowest BCUT2D eigenvalue weighted by Crippen LogP contribution is -2.36. The van der Waals surface area contributed by atoms with Gasteiger partial charge in [-0.05, 0) is 69.5 Å². The van der Waals surface area contributed by atoms with Crippen LogP contribution in [0.15, 0.2) is 47.3 Å². The molecule has 0 saturated carbocycles. The molecule has 140 valence electrons. The maximum Gasteiger partial charge on any atom is 0.251 e. The van der Waals surface area contributed by atoms with Gasteiger partial charge >= 0.3 is 0 Å². The normalized spacial score (nSPS) is 11.0. The second-order valence-corrected chi connectivity index (χ2v) is 7.21. The Balaban J connectivity index is 2.08. The second kappa shape index (κ2) is 7.39. The number of carbonyl (C=O) groups excluding carboxylic acids is 1. The molecule has 1 heterocycles. The van der Waals surface area contributed by atoms with Crippen molar-refractivity contribution in [2.45, 2.75) is 41.2 Å². The van der Waals surface area contributed by atoms with E-state index < -0.39 is 0 Å². The first-order valence-electron chi connectivity index (χ1n) is 9.30. The summed E-state index contributed by atoms with van der Waals surface area (Å²) in [5.74, 6) is -0.0877. The zero-order chi connectivity index (χ0) is 19.7. The quantitative estimate of drug-likeness (QED) is 0.695. The molecule has 3 aromatic rings. The number of pyridine rings is 1. The van der Waals surface area contributed by atoms with Gasteiger partial charge in [-0.25, -0.2) is 0 Å². The van der Waals surface area contributed by atoms with E-state index in [9.17, 15) is 9.59 Å². The van der Waals surface area contributed by atoms with E-state index in [1.165, 1.54) is 0 Å². The van der Waals surface area contributed by atoms with Crippen LogP contribution in [-0.2, 0) is 11.3 Å². The predicted molar refractivity (Wildman–Crippen MR) is 112 cm³/mol. The Hall–Kier alpha value is -2.88. The van der Waals surface area contributed by atoms with E-state index >= 15 is 0 Å². The molecule has 0 aliphatic carbocycles. The smallest absolute Gasteiger partial charge is 0.251 e. The summed E-state index contributed by atoms with van der Waals surface area (Å²) in [4.78, 5) is 27.5. The summed E-state index contributed by atoms with van der Waals surface area (Å²) < 4.78 is 1.61. The number of rotatable bonds is 4. The fourth-order valence-corrected chi connectivity index (χ4v) is 3.75. The van der Waals surface area contributed by atoms with Crippen molar-refractivity contribution in [2.75, 3.05) is 11.4 Å². The molecule has 0 bridgehead atoms. The third-order valence-electron chi connectivity index (χ3n) is 4.97. The second-order valence-electron chi connectivity index (χ2n) is 7.21. The number of fused-ring (bicyclic) bond motifs is 1. The van der Waals surface area contributed by atoms with Crippen molar-refractivity contribution in [1.82, 2.24) is 4.57 Å². The lowest BCUT2D eigenvalue weighted by Gasteiger charge is -2.23. The highest BCUT2D eigenvalue weighted by atomic mass is 16.2. The number of aryl methyl sites for hydroxylation is 4. The van der Waals surface area contributed by atoms with Crippen molar-refractivity contribution in [3.8, 4) is 0 Å². The van der Waals surface area contributed by atoms with Crippen LogP contribution >= 0.6 is 0 Å².